The molecular formula is C31H35N7O2. The van der Waals surface area contributed by atoms with Gasteiger partial charge in [-0.2, -0.15) is 10.3 Å². The van der Waals surface area contributed by atoms with E-state index in [1.54, 1.807) is 9.25 Å². The number of ether oxygens (including phenoxy) is 1. The van der Waals surface area contributed by atoms with Gasteiger partial charge in [-0.1, -0.05) is 99.1 Å². The zero-order valence-corrected chi connectivity index (χ0v) is 23.0. The van der Waals surface area contributed by atoms with Crippen LogP contribution in [0.2, 0.25) is 0 Å². The summed E-state index contributed by atoms with van der Waals surface area (Å²) in [6.07, 6.45) is 3.42. The summed E-state index contributed by atoms with van der Waals surface area (Å²) >= 11 is 0. The molecule has 0 amide bonds. The van der Waals surface area contributed by atoms with E-state index in [9.17, 15) is 4.79 Å². The van der Waals surface area contributed by atoms with Crippen molar-refractivity contribution in [2.45, 2.75) is 58.7 Å². The van der Waals surface area contributed by atoms with E-state index >= 15 is 0 Å². The summed E-state index contributed by atoms with van der Waals surface area (Å²) in [6, 6.07) is 26.3. The van der Waals surface area contributed by atoms with Crippen LogP contribution in [0.1, 0.15) is 56.2 Å². The van der Waals surface area contributed by atoms with Crippen LogP contribution < -0.4 is 5.69 Å². The van der Waals surface area contributed by atoms with E-state index in [0.29, 0.717) is 25.5 Å². The number of aromatic nitrogens is 7. The van der Waals surface area contributed by atoms with E-state index in [1.807, 2.05) is 54.6 Å². The number of hydrogen-bond acceptors (Lipinski definition) is 6. The highest BCUT2D eigenvalue weighted by atomic mass is 16.5. The number of nitrogens with one attached hydrogen (secondary N) is 1. The molecule has 0 saturated heterocycles. The molecule has 1 unspecified atom stereocenters. The second-order valence-corrected chi connectivity index (χ2v) is 9.82. The summed E-state index contributed by atoms with van der Waals surface area (Å²) in [4.78, 5) is 13.6. The van der Waals surface area contributed by atoms with Gasteiger partial charge in [0.25, 0.3) is 0 Å². The monoisotopic (exact) mass is 537 g/mol. The summed E-state index contributed by atoms with van der Waals surface area (Å²) < 4.78 is 9.54. The number of rotatable bonds is 13. The number of nitrogens with zero attached hydrogens (tertiary/aromatic N) is 6. The molecule has 2 heterocycles. The van der Waals surface area contributed by atoms with Crippen molar-refractivity contribution in [2.75, 3.05) is 6.61 Å². The maximum Gasteiger partial charge on any atom is 0.346 e. The summed E-state index contributed by atoms with van der Waals surface area (Å²) in [5.74, 6) is 1.36. The van der Waals surface area contributed by atoms with Gasteiger partial charge < -0.3 is 4.74 Å². The first-order valence-electron chi connectivity index (χ1n) is 13.9. The highest BCUT2D eigenvalue weighted by Crippen LogP contribution is 2.30. The molecule has 0 saturated carbocycles. The van der Waals surface area contributed by atoms with Gasteiger partial charge in [-0.25, -0.2) is 9.48 Å². The van der Waals surface area contributed by atoms with Gasteiger partial charge in [0.2, 0.25) is 5.82 Å². The van der Waals surface area contributed by atoms with Crippen LogP contribution in [-0.2, 0) is 24.2 Å². The van der Waals surface area contributed by atoms with Gasteiger partial charge in [-0.15, -0.1) is 10.2 Å². The number of tetrazole rings is 1. The molecule has 0 aliphatic rings. The lowest BCUT2D eigenvalue weighted by molar-refractivity contribution is 0.0376. The van der Waals surface area contributed by atoms with Crippen molar-refractivity contribution < 1.29 is 4.74 Å². The summed E-state index contributed by atoms with van der Waals surface area (Å²) in [5.41, 5.74) is 4.92. The van der Waals surface area contributed by atoms with Gasteiger partial charge in [0, 0.05) is 18.6 Å². The maximum absolute atomic E-state index is 13.6. The van der Waals surface area contributed by atoms with Crippen LogP contribution in [0.15, 0.2) is 83.7 Å². The predicted molar refractivity (Wildman–Crippen MR) is 155 cm³/mol. The first kappa shape index (κ1) is 27.2. The molecule has 9 nitrogen and oxygen atoms in total. The van der Waals surface area contributed by atoms with E-state index in [-0.39, 0.29) is 11.8 Å². The number of unbranched alkanes of at least 4 members (excludes halogenated alkanes) is 1. The molecule has 2 aromatic heterocycles. The molecule has 206 valence electrons. The van der Waals surface area contributed by atoms with Crippen LogP contribution >= 0.6 is 0 Å². The van der Waals surface area contributed by atoms with Crippen LogP contribution in [0.3, 0.4) is 0 Å². The largest absolute Gasteiger partial charge is 0.372 e. The molecule has 0 aliphatic heterocycles. The quantitative estimate of drug-likeness (QED) is 0.214. The summed E-state index contributed by atoms with van der Waals surface area (Å²) in [5, 5.41) is 19.3. The minimum absolute atomic E-state index is 0.112. The average molecular weight is 538 g/mol. The SMILES string of the molecule is CCCCc1nn(CC(OCCC)c2ccccc2)c(=O)n1Cc1ccc(-c2ccccc2-c2nn[nH]n2)cc1. The minimum atomic E-state index is -0.236. The lowest BCUT2D eigenvalue weighted by Crippen LogP contribution is -2.28. The fourth-order valence-corrected chi connectivity index (χ4v) is 4.80. The van der Waals surface area contributed by atoms with Crippen molar-refractivity contribution in [3.63, 3.8) is 0 Å². The smallest absolute Gasteiger partial charge is 0.346 e. The molecule has 0 bridgehead atoms. The second-order valence-electron chi connectivity index (χ2n) is 9.82. The molecular weight excluding hydrogens is 502 g/mol. The van der Waals surface area contributed by atoms with Crippen molar-refractivity contribution in [3.8, 4) is 22.5 Å². The average Bonchev–Trinajstić information content (AvgIpc) is 3.64. The Balaban J connectivity index is 1.41. The number of aromatic amines is 1. The Hall–Kier alpha value is -4.37. The van der Waals surface area contributed by atoms with Crippen molar-refractivity contribution >= 4 is 0 Å². The van der Waals surface area contributed by atoms with Crippen molar-refractivity contribution in [3.05, 3.63) is 106 Å². The molecule has 0 spiro atoms. The fourth-order valence-electron chi connectivity index (χ4n) is 4.80. The fraction of sp³-hybridized carbons (Fsp3) is 0.323. The molecule has 0 aliphatic carbocycles. The first-order chi connectivity index (χ1) is 19.7. The Labute approximate surface area is 233 Å². The van der Waals surface area contributed by atoms with Crippen LogP contribution in [0.5, 0.6) is 0 Å². The molecule has 5 aromatic rings. The minimum Gasteiger partial charge on any atom is -0.372 e. The van der Waals surface area contributed by atoms with E-state index in [1.165, 1.54) is 0 Å². The standard InChI is InChI=1S/C31H35N7O2/c1-3-5-15-29-34-38(22-28(40-20-4-2)25-11-7-6-8-12-25)31(39)37(29)21-23-16-18-24(19-17-23)26-13-9-10-14-27(26)30-32-35-36-33-30/h6-14,16-19,28H,3-5,15,20-22H2,1-2H3,(H,32,33,35,36). The predicted octanol–water partition coefficient (Wildman–Crippen LogP) is 5.45. The number of aryl methyl sites for hydroxylation is 1. The molecule has 9 heteroatoms. The molecule has 5 rings (SSSR count). The zero-order valence-electron chi connectivity index (χ0n) is 23.0. The summed E-state index contributed by atoms with van der Waals surface area (Å²) in [7, 11) is 0. The second kappa shape index (κ2) is 13.1. The Kier molecular flexibility index (Phi) is 8.93. The van der Waals surface area contributed by atoms with Crippen molar-refractivity contribution in [1.82, 2.24) is 35.0 Å². The molecule has 1 atom stereocenters. The zero-order chi connectivity index (χ0) is 27.7. The number of benzene rings is 3. The third-order valence-electron chi connectivity index (χ3n) is 6.91. The topological polar surface area (TPSA) is 104 Å². The van der Waals surface area contributed by atoms with Gasteiger partial charge in [-0.3, -0.25) is 4.57 Å². The third-order valence-corrected chi connectivity index (χ3v) is 6.91. The lowest BCUT2D eigenvalue weighted by atomic mass is 9.98. The Morgan fingerprint density at radius 3 is 2.35 bits per heavy atom. The molecule has 3 aromatic carbocycles. The van der Waals surface area contributed by atoms with Gasteiger partial charge in [0.05, 0.1) is 13.1 Å². The Morgan fingerprint density at radius 1 is 0.900 bits per heavy atom. The van der Waals surface area contributed by atoms with Crippen LogP contribution in [0.25, 0.3) is 22.5 Å². The van der Waals surface area contributed by atoms with Gasteiger partial charge in [0.1, 0.15) is 11.9 Å². The highest BCUT2D eigenvalue weighted by molar-refractivity contribution is 5.80. The van der Waals surface area contributed by atoms with E-state index in [0.717, 1.165) is 59.3 Å². The van der Waals surface area contributed by atoms with Crippen molar-refractivity contribution in [2.24, 2.45) is 0 Å². The van der Waals surface area contributed by atoms with E-state index in [2.05, 4.69) is 58.7 Å². The van der Waals surface area contributed by atoms with Crippen LogP contribution in [0, 0.1) is 0 Å². The molecule has 0 radical (unpaired) electrons. The first-order valence-corrected chi connectivity index (χ1v) is 13.9. The van der Waals surface area contributed by atoms with Crippen molar-refractivity contribution in [1.29, 1.82) is 0 Å². The number of hydrogen-bond donors (Lipinski definition) is 1. The van der Waals surface area contributed by atoms with E-state index in [4.69, 9.17) is 9.84 Å². The molecule has 0 fully saturated rings. The van der Waals surface area contributed by atoms with Gasteiger partial charge >= 0.3 is 5.69 Å². The number of H-pyrrole nitrogens is 1. The van der Waals surface area contributed by atoms with Gasteiger partial charge in [0.15, 0.2) is 0 Å². The van der Waals surface area contributed by atoms with E-state index < -0.39 is 0 Å². The maximum atomic E-state index is 13.6. The van der Waals surface area contributed by atoms with Crippen LogP contribution in [-0.4, -0.2) is 41.6 Å². The molecule has 40 heavy (non-hydrogen) atoms. The summed E-state index contributed by atoms with van der Waals surface area (Å²) in [6.45, 7) is 5.69. The Morgan fingerprint density at radius 2 is 1.65 bits per heavy atom. The van der Waals surface area contributed by atoms with Gasteiger partial charge in [-0.05, 0) is 40.3 Å². The Bertz CT molecular complexity index is 1540. The third kappa shape index (κ3) is 6.26. The normalized spacial score (nSPS) is 12.1. The highest BCUT2D eigenvalue weighted by Gasteiger charge is 2.19. The lowest BCUT2D eigenvalue weighted by Gasteiger charge is -2.17. The molecule has 1 N–H and O–H groups in total. The van der Waals surface area contributed by atoms with Crippen LogP contribution in [0.4, 0.5) is 0 Å².